The number of aliphatic hydroxyl groups is 1. The lowest BCUT2D eigenvalue weighted by atomic mass is 9.44. The Morgan fingerprint density at radius 3 is 2.38 bits per heavy atom. The topological polar surface area (TPSA) is 46.2 Å². The van der Waals surface area contributed by atoms with Gasteiger partial charge in [0.1, 0.15) is 0 Å². The van der Waals surface area contributed by atoms with E-state index >= 15 is 0 Å². The Bertz CT molecular complexity index is 210. The Balaban J connectivity index is 2.12. The van der Waals surface area contributed by atoms with Crippen LogP contribution in [0.4, 0.5) is 0 Å². The summed E-state index contributed by atoms with van der Waals surface area (Å²) >= 11 is 0. The Labute approximate surface area is 80.5 Å². The Hall–Kier alpha value is -0.0800. The van der Waals surface area contributed by atoms with Gasteiger partial charge in [-0.05, 0) is 37.0 Å². The molecule has 2 bridgehead atoms. The van der Waals surface area contributed by atoms with Gasteiger partial charge in [-0.15, -0.1) is 0 Å². The molecule has 0 heterocycles. The number of rotatable bonds is 1. The number of hydrogen-bond donors (Lipinski definition) is 2. The van der Waals surface area contributed by atoms with E-state index in [1.54, 1.807) is 0 Å². The van der Waals surface area contributed by atoms with E-state index in [0.717, 1.165) is 12.3 Å². The third kappa shape index (κ3) is 1.15. The van der Waals surface area contributed by atoms with E-state index in [-0.39, 0.29) is 12.1 Å². The highest BCUT2D eigenvalue weighted by molar-refractivity contribution is 5.08. The summed E-state index contributed by atoms with van der Waals surface area (Å²) < 4.78 is 0. The number of aliphatic hydroxyl groups excluding tert-OH is 1. The zero-order chi connectivity index (χ0) is 9.80. The fourth-order valence-corrected chi connectivity index (χ4v) is 3.41. The molecule has 3 saturated carbocycles. The minimum absolute atomic E-state index is 0.222. The van der Waals surface area contributed by atoms with Crippen LogP contribution in [0.3, 0.4) is 0 Å². The van der Waals surface area contributed by atoms with Crippen molar-refractivity contribution in [2.24, 2.45) is 28.9 Å². The molecule has 5 atom stereocenters. The lowest BCUT2D eigenvalue weighted by Gasteiger charge is -2.62. The molecule has 13 heavy (non-hydrogen) atoms. The monoisotopic (exact) mass is 183 g/mol. The Kier molecular flexibility index (Phi) is 1.97. The van der Waals surface area contributed by atoms with E-state index in [0.29, 0.717) is 17.3 Å². The van der Waals surface area contributed by atoms with E-state index in [1.807, 2.05) is 6.92 Å². The van der Waals surface area contributed by atoms with Crippen molar-refractivity contribution in [1.82, 2.24) is 0 Å². The maximum absolute atomic E-state index is 9.58. The fourth-order valence-electron chi connectivity index (χ4n) is 3.41. The minimum Gasteiger partial charge on any atom is -0.393 e. The molecule has 0 aromatic rings. The third-order valence-corrected chi connectivity index (χ3v) is 4.68. The third-order valence-electron chi connectivity index (χ3n) is 4.68. The molecule has 0 amide bonds. The normalized spacial score (nSPS) is 49.6. The van der Waals surface area contributed by atoms with Crippen molar-refractivity contribution in [3.05, 3.63) is 0 Å². The summed E-state index contributed by atoms with van der Waals surface area (Å²) in [6, 6.07) is 0.222. The molecule has 3 N–H and O–H groups in total. The summed E-state index contributed by atoms with van der Waals surface area (Å²) in [5.41, 5.74) is 6.61. The van der Waals surface area contributed by atoms with Gasteiger partial charge in [-0.3, -0.25) is 0 Å². The number of hydrogen-bond acceptors (Lipinski definition) is 2. The molecule has 0 radical (unpaired) electrons. The molecule has 0 aliphatic heterocycles. The van der Waals surface area contributed by atoms with Gasteiger partial charge in [0, 0.05) is 12.0 Å². The number of fused-ring (bicyclic) bond motifs is 2. The van der Waals surface area contributed by atoms with E-state index < -0.39 is 0 Å². The van der Waals surface area contributed by atoms with Gasteiger partial charge < -0.3 is 10.8 Å². The van der Waals surface area contributed by atoms with E-state index in [4.69, 9.17) is 5.73 Å². The molecule has 0 aromatic heterocycles. The molecule has 3 rings (SSSR count). The average Bonchev–Trinajstić information content (AvgIpc) is 2.02. The highest BCUT2D eigenvalue weighted by Gasteiger charge is 2.57. The molecule has 0 aromatic carbocycles. The molecule has 0 spiro atoms. The van der Waals surface area contributed by atoms with Crippen LogP contribution in [0.15, 0.2) is 0 Å². The predicted molar refractivity (Wildman–Crippen MR) is 53.1 cm³/mol. The quantitative estimate of drug-likeness (QED) is 0.645. The molecule has 2 nitrogen and oxygen atoms in total. The van der Waals surface area contributed by atoms with E-state index in [9.17, 15) is 5.11 Å². The maximum Gasteiger partial charge on any atom is 0.0555 e. The van der Waals surface area contributed by atoms with Crippen LogP contribution in [0, 0.1) is 23.2 Å². The molecule has 76 valence electrons. The van der Waals surface area contributed by atoms with Gasteiger partial charge in [0.05, 0.1) is 6.10 Å². The molecule has 1 unspecified atom stereocenters. The lowest BCUT2D eigenvalue weighted by molar-refractivity contribution is -0.125. The van der Waals surface area contributed by atoms with Gasteiger partial charge in [0.2, 0.25) is 0 Å². The van der Waals surface area contributed by atoms with Crippen molar-refractivity contribution in [2.45, 2.75) is 45.8 Å². The standard InChI is InChI=1S/C11H21NO/c1-6(13)8-4-7-5-9(10(8)12)11(7,2)3/h6-10,13H,4-5,12H2,1-3H3/t6-,7+,8+,9-,10?/m0/s1. The summed E-state index contributed by atoms with van der Waals surface area (Å²) in [5, 5.41) is 9.58. The van der Waals surface area contributed by atoms with Crippen molar-refractivity contribution in [3.8, 4) is 0 Å². The van der Waals surface area contributed by atoms with Gasteiger partial charge in [-0.1, -0.05) is 13.8 Å². The van der Waals surface area contributed by atoms with Gasteiger partial charge in [0.25, 0.3) is 0 Å². The van der Waals surface area contributed by atoms with Gasteiger partial charge in [0.15, 0.2) is 0 Å². The maximum atomic E-state index is 9.58. The van der Waals surface area contributed by atoms with Crippen LogP contribution in [0.5, 0.6) is 0 Å². The second-order valence-electron chi connectivity index (χ2n) is 5.58. The molecule has 3 aliphatic carbocycles. The van der Waals surface area contributed by atoms with Crippen LogP contribution >= 0.6 is 0 Å². The van der Waals surface area contributed by atoms with Crippen LogP contribution in [0.2, 0.25) is 0 Å². The Morgan fingerprint density at radius 1 is 1.38 bits per heavy atom. The smallest absolute Gasteiger partial charge is 0.0555 e. The predicted octanol–water partition coefficient (Wildman–Crippen LogP) is 1.38. The molecule has 0 saturated heterocycles. The first-order valence-corrected chi connectivity index (χ1v) is 5.38. The van der Waals surface area contributed by atoms with Crippen LogP contribution in [0.25, 0.3) is 0 Å². The largest absolute Gasteiger partial charge is 0.393 e. The van der Waals surface area contributed by atoms with Gasteiger partial charge >= 0.3 is 0 Å². The van der Waals surface area contributed by atoms with Crippen LogP contribution < -0.4 is 5.73 Å². The molecule has 3 fully saturated rings. The molecular formula is C11H21NO. The second kappa shape index (κ2) is 2.71. The summed E-state index contributed by atoms with van der Waals surface area (Å²) in [6.45, 7) is 6.52. The van der Waals surface area contributed by atoms with Crippen molar-refractivity contribution in [1.29, 1.82) is 0 Å². The van der Waals surface area contributed by atoms with E-state index in [1.165, 1.54) is 6.42 Å². The average molecular weight is 183 g/mol. The first-order chi connectivity index (χ1) is 5.94. The summed E-state index contributed by atoms with van der Waals surface area (Å²) in [4.78, 5) is 0. The molecule has 2 heteroatoms. The SMILES string of the molecule is C[C@H](O)[C@H]1C[C@@H]2C[C@@H](C1N)C2(C)C. The summed E-state index contributed by atoms with van der Waals surface area (Å²) in [7, 11) is 0. The highest BCUT2D eigenvalue weighted by atomic mass is 16.3. The number of nitrogens with two attached hydrogens (primary N) is 1. The van der Waals surface area contributed by atoms with E-state index in [2.05, 4.69) is 13.8 Å². The minimum atomic E-state index is -0.226. The zero-order valence-corrected chi connectivity index (χ0v) is 8.83. The van der Waals surface area contributed by atoms with Crippen molar-refractivity contribution < 1.29 is 5.11 Å². The van der Waals surface area contributed by atoms with Crippen molar-refractivity contribution in [3.63, 3.8) is 0 Å². The fraction of sp³-hybridized carbons (Fsp3) is 1.00. The van der Waals surface area contributed by atoms with Gasteiger partial charge in [-0.25, -0.2) is 0 Å². The van der Waals surface area contributed by atoms with Crippen molar-refractivity contribution >= 4 is 0 Å². The van der Waals surface area contributed by atoms with Crippen molar-refractivity contribution in [2.75, 3.05) is 0 Å². The first-order valence-electron chi connectivity index (χ1n) is 5.38. The highest BCUT2D eigenvalue weighted by Crippen LogP contribution is 2.60. The summed E-state index contributed by atoms with van der Waals surface area (Å²) in [6.07, 6.45) is 2.19. The van der Waals surface area contributed by atoms with Crippen LogP contribution in [-0.2, 0) is 0 Å². The molecular weight excluding hydrogens is 162 g/mol. The second-order valence-corrected chi connectivity index (χ2v) is 5.58. The zero-order valence-electron chi connectivity index (χ0n) is 8.83. The van der Waals surface area contributed by atoms with Gasteiger partial charge in [-0.2, -0.15) is 0 Å². The lowest BCUT2D eigenvalue weighted by Crippen LogP contribution is -2.63. The van der Waals surface area contributed by atoms with Crippen LogP contribution in [-0.4, -0.2) is 17.3 Å². The Morgan fingerprint density at radius 2 is 2.00 bits per heavy atom. The summed E-state index contributed by atoms with van der Waals surface area (Å²) in [5.74, 6) is 1.79. The molecule has 3 aliphatic rings. The van der Waals surface area contributed by atoms with Crippen LogP contribution in [0.1, 0.15) is 33.6 Å². The first kappa shape index (κ1) is 9.47.